The van der Waals surface area contributed by atoms with Gasteiger partial charge >= 0.3 is 0 Å². The van der Waals surface area contributed by atoms with E-state index in [9.17, 15) is 19.2 Å². The molecule has 3 rings (SSSR count). The van der Waals surface area contributed by atoms with Crippen molar-refractivity contribution in [2.24, 2.45) is 0 Å². The molecule has 0 aliphatic carbocycles. The van der Waals surface area contributed by atoms with Crippen LogP contribution in [0.15, 0.2) is 47.4 Å². The summed E-state index contributed by atoms with van der Waals surface area (Å²) >= 11 is 0.855. The van der Waals surface area contributed by atoms with Crippen LogP contribution in [0.25, 0.3) is 6.08 Å². The van der Waals surface area contributed by atoms with Crippen molar-refractivity contribution in [3.63, 3.8) is 0 Å². The normalized spacial score (nSPS) is 14.2. The first-order valence-corrected chi connectivity index (χ1v) is 12.1. The number of carbonyl (C=O) groups is 4. The Balaban J connectivity index is 1.41. The predicted molar refractivity (Wildman–Crippen MR) is 136 cm³/mol. The molecule has 1 saturated heterocycles. The van der Waals surface area contributed by atoms with Gasteiger partial charge in [0.05, 0.1) is 25.7 Å². The van der Waals surface area contributed by atoms with Crippen LogP contribution in [0.1, 0.15) is 35.7 Å². The predicted octanol–water partition coefficient (Wildman–Crippen LogP) is 3.92. The molecule has 0 spiro atoms. The molecule has 1 fully saturated rings. The minimum absolute atomic E-state index is 0.0145. The number of ether oxygens (including phenoxy) is 3. The van der Waals surface area contributed by atoms with Crippen LogP contribution in [0.3, 0.4) is 0 Å². The molecule has 10 heteroatoms. The second-order valence-electron chi connectivity index (χ2n) is 7.83. The Bertz CT molecular complexity index is 1160. The Hall–Kier alpha value is -3.79. The molecule has 9 nitrogen and oxygen atoms in total. The number of imide groups is 1. The Kier molecular flexibility index (Phi) is 9.52. The summed E-state index contributed by atoms with van der Waals surface area (Å²) in [7, 11) is 3.05. The van der Waals surface area contributed by atoms with Gasteiger partial charge in [-0.05, 0) is 73.1 Å². The smallest absolute Gasteiger partial charge is 0.293 e. The summed E-state index contributed by atoms with van der Waals surface area (Å²) in [5.74, 6) is 1.09. The number of ketones is 1. The van der Waals surface area contributed by atoms with Crippen LogP contribution in [0.5, 0.6) is 17.2 Å². The minimum atomic E-state index is -0.404. The van der Waals surface area contributed by atoms with Crippen LogP contribution in [0.2, 0.25) is 0 Å². The van der Waals surface area contributed by atoms with E-state index in [1.54, 1.807) is 48.5 Å². The number of benzene rings is 2. The van der Waals surface area contributed by atoms with Gasteiger partial charge in [-0.25, -0.2) is 0 Å². The summed E-state index contributed by atoms with van der Waals surface area (Å²) in [4.78, 5) is 49.8. The number of hydrogen-bond acceptors (Lipinski definition) is 8. The van der Waals surface area contributed by atoms with E-state index in [0.717, 1.165) is 16.7 Å². The molecule has 1 heterocycles. The van der Waals surface area contributed by atoms with Crippen molar-refractivity contribution in [2.75, 3.05) is 33.9 Å². The van der Waals surface area contributed by atoms with Crippen LogP contribution in [0.4, 0.5) is 4.79 Å². The van der Waals surface area contributed by atoms with Gasteiger partial charge in [0.2, 0.25) is 5.91 Å². The third-order valence-electron chi connectivity index (χ3n) is 5.31. The number of nitrogens with one attached hydrogen (secondary N) is 1. The van der Waals surface area contributed by atoms with Gasteiger partial charge in [-0.15, -0.1) is 0 Å². The summed E-state index contributed by atoms with van der Waals surface area (Å²) < 4.78 is 16.1. The summed E-state index contributed by atoms with van der Waals surface area (Å²) in [6.45, 7) is 2.09. The number of nitrogens with zero attached hydrogens (tertiary/aromatic N) is 1. The molecule has 0 aromatic heterocycles. The molecule has 3 amide bonds. The van der Waals surface area contributed by atoms with Crippen molar-refractivity contribution in [2.45, 2.75) is 19.8 Å². The molecule has 2 aromatic carbocycles. The summed E-state index contributed by atoms with van der Waals surface area (Å²) in [6.07, 6.45) is 2.36. The maximum absolute atomic E-state index is 12.7. The minimum Gasteiger partial charge on any atom is -0.494 e. The van der Waals surface area contributed by atoms with Crippen molar-refractivity contribution in [3.8, 4) is 17.2 Å². The van der Waals surface area contributed by atoms with E-state index in [1.807, 2.05) is 0 Å². The lowest BCUT2D eigenvalue weighted by atomic mass is 10.1. The zero-order valence-electron chi connectivity index (χ0n) is 20.4. The fraction of sp³-hybridized carbons (Fsp3) is 0.308. The topological polar surface area (TPSA) is 111 Å². The molecule has 0 atom stereocenters. The number of hydrogen-bond donors (Lipinski definition) is 1. The largest absolute Gasteiger partial charge is 0.494 e. The molecule has 1 N–H and O–H groups in total. The molecule has 190 valence electrons. The lowest BCUT2D eigenvalue weighted by Gasteiger charge is -2.13. The van der Waals surface area contributed by atoms with Crippen molar-refractivity contribution in [3.05, 3.63) is 58.5 Å². The quantitative estimate of drug-likeness (QED) is 0.259. The number of rotatable bonds is 12. The first-order valence-electron chi connectivity index (χ1n) is 11.3. The van der Waals surface area contributed by atoms with E-state index in [0.29, 0.717) is 46.3 Å². The maximum Gasteiger partial charge on any atom is 0.293 e. The van der Waals surface area contributed by atoms with Crippen molar-refractivity contribution < 1.29 is 33.4 Å². The highest BCUT2D eigenvalue weighted by molar-refractivity contribution is 8.18. The molecule has 0 saturated carbocycles. The molecule has 2 aromatic rings. The Labute approximate surface area is 213 Å². The first kappa shape index (κ1) is 26.8. The van der Waals surface area contributed by atoms with Crippen LogP contribution in [-0.4, -0.2) is 61.7 Å². The highest BCUT2D eigenvalue weighted by Gasteiger charge is 2.34. The molecular formula is C26H28N2O7S. The van der Waals surface area contributed by atoms with Gasteiger partial charge < -0.3 is 19.5 Å². The van der Waals surface area contributed by atoms with Crippen LogP contribution in [-0.2, 0) is 9.59 Å². The van der Waals surface area contributed by atoms with Gasteiger partial charge in [0, 0.05) is 25.1 Å². The van der Waals surface area contributed by atoms with Gasteiger partial charge in [0.1, 0.15) is 5.75 Å². The molecule has 1 aliphatic rings. The monoisotopic (exact) mass is 512 g/mol. The van der Waals surface area contributed by atoms with Gasteiger partial charge in [-0.2, -0.15) is 0 Å². The van der Waals surface area contributed by atoms with Crippen molar-refractivity contribution in [1.29, 1.82) is 0 Å². The third-order valence-corrected chi connectivity index (χ3v) is 6.22. The molecule has 0 bridgehead atoms. The third kappa shape index (κ3) is 7.11. The molecule has 0 unspecified atom stereocenters. The summed E-state index contributed by atoms with van der Waals surface area (Å²) in [5.41, 5.74) is 1.31. The molecule has 0 radical (unpaired) electrons. The number of Topliss-reactive ketones (excluding diaryl/α,β-unsaturated/α-hetero) is 1. The first-order chi connectivity index (χ1) is 17.3. The van der Waals surface area contributed by atoms with Gasteiger partial charge in [-0.3, -0.25) is 24.1 Å². The zero-order valence-corrected chi connectivity index (χ0v) is 21.2. The number of carbonyl (C=O) groups excluding carboxylic acids is 4. The summed E-state index contributed by atoms with van der Waals surface area (Å²) in [5, 5.41) is 2.34. The van der Waals surface area contributed by atoms with Crippen molar-refractivity contribution >= 4 is 40.7 Å². The standard InChI is InChI=1S/C26H28N2O7S/c1-17(29)19-7-9-20(10-8-19)35-14-4-5-24(30)27-12-13-28-25(31)23(36-26(28)32)16-18-6-11-21(33-2)22(15-18)34-3/h6-11,15-16H,4-5,12-14H2,1-3H3,(H,27,30). The highest BCUT2D eigenvalue weighted by Crippen LogP contribution is 2.34. The van der Waals surface area contributed by atoms with E-state index < -0.39 is 5.91 Å². The fourth-order valence-corrected chi connectivity index (χ4v) is 4.26. The average molecular weight is 513 g/mol. The lowest BCUT2D eigenvalue weighted by molar-refractivity contribution is -0.124. The van der Waals surface area contributed by atoms with E-state index in [4.69, 9.17) is 14.2 Å². The van der Waals surface area contributed by atoms with E-state index in [2.05, 4.69) is 5.32 Å². The van der Waals surface area contributed by atoms with Crippen LogP contribution in [0, 0.1) is 0 Å². The van der Waals surface area contributed by atoms with Gasteiger partial charge in [0.15, 0.2) is 17.3 Å². The van der Waals surface area contributed by atoms with E-state index >= 15 is 0 Å². The average Bonchev–Trinajstić information content (AvgIpc) is 3.14. The summed E-state index contributed by atoms with van der Waals surface area (Å²) in [6, 6.07) is 12.0. The molecule has 1 aliphatic heterocycles. The Morgan fingerprint density at radius 2 is 1.75 bits per heavy atom. The van der Waals surface area contributed by atoms with Crippen LogP contribution < -0.4 is 19.5 Å². The van der Waals surface area contributed by atoms with E-state index in [1.165, 1.54) is 21.1 Å². The number of amides is 3. The van der Waals surface area contributed by atoms with E-state index in [-0.39, 0.29) is 36.4 Å². The second kappa shape index (κ2) is 12.8. The highest BCUT2D eigenvalue weighted by atomic mass is 32.2. The van der Waals surface area contributed by atoms with Crippen molar-refractivity contribution in [1.82, 2.24) is 10.2 Å². The Morgan fingerprint density at radius 1 is 1.03 bits per heavy atom. The van der Waals surface area contributed by atoms with Crippen LogP contribution >= 0.6 is 11.8 Å². The molecule has 36 heavy (non-hydrogen) atoms. The Morgan fingerprint density at radius 3 is 2.42 bits per heavy atom. The number of thioether (sulfide) groups is 1. The lowest BCUT2D eigenvalue weighted by Crippen LogP contribution is -2.37. The molecular weight excluding hydrogens is 484 g/mol. The maximum atomic E-state index is 12.7. The van der Waals surface area contributed by atoms with Gasteiger partial charge in [0.25, 0.3) is 11.1 Å². The zero-order chi connectivity index (χ0) is 26.1. The fourth-order valence-electron chi connectivity index (χ4n) is 3.39. The van der Waals surface area contributed by atoms with Gasteiger partial charge in [-0.1, -0.05) is 6.07 Å². The second-order valence-corrected chi connectivity index (χ2v) is 8.82. The SMILES string of the molecule is COc1ccc(C=C2SC(=O)N(CCNC(=O)CCCOc3ccc(C(C)=O)cc3)C2=O)cc1OC. The number of methoxy groups -OCH3 is 2.